The van der Waals surface area contributed by atoms with Crippen molar-refractivity contribution in [2.75, 3.05) is 0 Å². The summed E-state index contributed by atoms with van der Waals surface area (Å²) in [6.45, 7) is 5.19. The van der Waals surface area contributed by atoms with Gasteiger partial charge in [0.1, 0.15) is 11.5 Å². The molecule has 0 amide bonds. The number of azo groups is 1. The van der Waals surface area contributed by atoms with Gasteiger partial charge in [-0.25, -0.2) is 0 Å². The first-order valence-corrected chi connectivity index (χ1v) is 17.0. The first-order chi connectivity index (χ1) is 20.3. The van der Waals surface area contributed by atoms with Gasteiger partial charge in [-0.15, -0.1) is 45.3 Å². The minimum Gasteiger partial charge on any atom is -0.588 e. The van der Waals surface area contributed by atoms with Crippen LogP contribution in [0.5, 0.6) is 11.5 Å². The molecule has 0 saturated heterocycles. The number of fused-ring (bicyclic) bond motifs is 4. The summed E-state index contributed by atoms with van der Waals surface area (Å²) in [4.78, 5) is 7.34. The summed E-state index contributed by atoms with van der Waals surface area (Å²) in [5.41, 5.74) is 8.09. The Bertz CT molecular complexity index is 2000. The standard InChI is InChI=1S/C32H24BFN2O2S4/c1-17-9-11-39-29(17)31-19(3)13-27(41-31)21-5-7-23-25(15-21)37-33(34)36(35-23)24-8-6-22(16-26(24)38-33)28-14-20(4)32(42-28)30-18(2)10-12-40-30/h5-16H,1-4H3. The first-order valence-electron chi connectivity index (χ1n) is 13.6. The average Bonchev–Trinajstić information content (AvgIpc) is 3.78. The molecule has 0 saturated carbocycles. The topological polar surface area (TPSA) is 33.8 Å². The maximum Gasteiger partial charge on any atom is 0.881 e. The molecule has 10 heteroatoms. The predicted molar refractivity (Wildman–Crippen MR) is 175 cm³/mol. The number of hydrogen-bond acceptors (Lipinski definition) is 7. The van der Waals surface area contributed by atoms with Gasteiger partial charge >= 0.3 is 6.96 Å². The molecule has 0 spiro atoms. The molecule has 6 heterocycles. The number of rotatable bonds is 4. The highest BCUT2D eigenvalue weighted by atomic mass is 32.1. The highest BCUT2D eigenvalue weighted by Gasteiger charge is 2.61. The van der Waals surface area contributed by atoms with Crippen LogP contribution in [0.25, 0.3) is 40.4 Å². The summed E-state index contributed by atoms with van der Waals surface area (Å²) in [7, 11) is 0. The third kappa shape index (κ3) is 4.04. The summed E-state index contributed by atoms with van der Waals surface area (Å²) in [5.74, 6) is 0.806. The Kier molecular flexibility index (Phi) is 5.88. The zero-order valence-corrected chi connectivity index (χ0v) is 26.5. The molecule has 2 aliphatic rings. The van der Waals surface area contributed by atoms with E-state index in [0.717, 1.165) is 20.9 Å². The Balaban J connectivity index is 1.11. The van der Waals surface area contributed by atoms with E-state index in [1.165, 1.54) is 46.4 Å². The Morgan fingerprint density at radius 3 is 1.76 bits per heavy atom. The van der Waals surface area contributed by atoms with Gasteiger partial charge in [0.25, 0.3) is 0 Å². The quantitative estimate of drug-likeness (QED) is 0.183. The number of aryl methyl sites for hydroxylation is 4. The molecule has 8 rings (SSSR count). The van der Waals surface area contributed by atoms with Crippen molar-refractivity contribution in [3.63, 3.8) is 0 Å². The van der Waals surface area contributed by atoms with E-state index in [-0.39, 0.29) is 0 Å². The molecule has 2 aromatic carbocycles. The molecule has 6 aromatic rings. The molecule has 2 aliphatic heterocycles. The number of nitrogens with zero attached hydrogens (tertiary/aromatic N) is 2. The second-order valence-corrected chi connectivity index (χ2v) is 14.7. The molecule has 4 nitrogen and oxygen atoms in total. The van der Waals surface area contributed by atoms with Crippen LogP contribution in [-0.4, -0.2) is 11.6 Å². The summed E-state index contributed by atoms with van der Waals surface area (Å²) < 4.78 is 29.5. The zero-order valence-electron chi connectivity index (χ0n) is 23.2. The van der Waals surface area contributed by atoms with Gasteiger partial charge in [0.15, 0.2) is 5.69 Å². The molecular formula is C32H24BFN2O2S4. The minimum atomic E-state index is -3.36. The second-order valence-electron chi connectivity index (χ2n) is 10.7. The SMILES string of the molecule is Cc1ccsc1-c1sc(-c2ccc3c(c2)O[B-]2(F)Oc4cc(-c5cc(C)c(-c6sccc6C)s5)ccc4[N+]2=N3)cc1C. The molecule has 0 aliphatic carbocycles. The van der Waals surface area contributed by atoms with Crippen LogP contribution >= 0.6 is 45.3 Å². The molecule has 0 N–H and O–H groups in total. The van der Waals surface area contributed by atoms with Crippen molar-refractivity contribution in [2.45, 2.75) is 27.7 Å². The Morgan fingerprint density at radius 2 is 1.19 bits per heavy atom. The molecule has 1 atom stereocenters. The van der Waals surface area contributed by atoms with Gasteiger partial charge in [-0.1, -0.05) is 6.07 Å². The molecule has 0 fully saturated rings. The van der Waals surface area contributed by atoms with Crippen LogP contribution in [0.3, 0.4) is 0 Å². The molecule has 208 valence electrons. The van der Waals surface area contributed by atoms with Crippen LogP contribution < -0.4 is 9.31 Å². The van der Waals surface area contributed by atoms with Crippen LogP contribution in [-0.2, 0) is 0 Å². The fraction of sp³-hybridized carbons (Fsp3) is 0.125. The van der Waals surface area contributed by atoms with E-state index < -0.39 is 6.96 Å². The van der Waals surface area contributed by atoms with Crippen molar-refractivity contribution in [1.82, 2.24) is 0 Å². The third-order valence-electron chi connectivity index (χ3n) is 7.76. The number of thiophene rings is 4. The maximum atomic E-state index is 16.4. The van der Waals surface area contributed by atoms with Crippen molar-refractivity contribution in [3.8, 4) is 51.9 Å². The minimum absolute atomic E-state index is 0.379. The first kappa shape index (κ1) is 26.1. The lowest BCUT2D eigenvalue weighted by Gasteiger charge is -2.26. The van der Waals surface area contributed by atoms with E-state index in [9.17, 15) is 0 Å². The lowest BCUT2D eigenvalue weighted by molar-refractivity contribution is -0.411. The normalized spacial score (nSPS) is 16.8. The van der Waals surface area contributed by atoms with Crippen LogP contribution in [0.1, 0.15) is 22.3 Å². The number of hydrogen-bond donors (Lipinski definition) is 0. The van der Waals surface area contributed by atoms with Crippen molar-refractivity contribution in [2.24, 2.45) is 5.11 Å². The Hall–Kier alpha value is -3.57. The van der Waals surface area contributed by atoms with Gasteiger partial charge in [-0.05, 0) is 125 Å². The van der Waals surface area contributed by atoms with Gasteiger partial charge in [0, 0.05) is 35.3 Å². The van der Waals surface area contributed by atoms with E-state index in [0.29, 0.717) is 22.9 Å². The largest absolute Gasteiger partial charge is 0.881 e. The van der Waals surface area contributed by atoms with Gasteiger partial charge in [-0.3, -0.25) is 0 Å². The third-order valence-corrected chi connectivity index (χ3v) is 12.7. The van der Waals surface area contributed by atoms with Crippen LogP contribution in [0.4, 0.5) is 15.7 Å². The summed E-state index contributed by atoms with van der Waals surface area (Å²) in [5, 5.41) is 8.89. The van der Waals surface area contributed by atoms with Crippen LogP contribution in [0, 0.1) is 27.7 Å². The van der Waals surface area contributed by atoms with E-state index in [1.54, 1.807) is 45.3 Å². The van der Waals surface area contributed by atoms with Crippen LogP contribution in [0.15, 0.2) is 76.5 Å². The fourth-order valence-corrected chi connectivity index (χ4v) is 10.3. The monoisotopic (exact) mass is 626 g/mol. The highest BCUT2D eigenvalue weighted by molar-refractivity contribution is 7.24. The highest BCUT2D eigenvalue weighted by Crippen LogP contribution is 2.50. The molecule has 0 radical (unpaired) electrons. The molecule has 42 heavy (non-hydrogen) atoms. The van der Waals surface area contributed by atoms with Gasteiger partial charge in [-0.2, -0.15) is 4.61 Å². The van der Waals surface area contributed by atoms with Crippen molar-refractivity contribution in [1.29, 1.82) is 0 Å². The van der Waals surface area contributed by atoms with Gasteiger partial charge in [0.05, 0.1) is 0 Å². The van der Waals surface area contributed by atoms with E-state index in [2.05, 4.69) is 67.8 Å². The Labute approximate surface area is 259 Å². The second kappa shape index (κ2) is 9.47. The summed E-state index contributed by atoms with van der Waals surface area (Å²) >= 11 is 7.00. The number of benzene rings is 2. The lowest BCUT2D eigenvalue weighted by Crippen LogP contribution is -2.50. The van der Waals surface area contributed by atoms with Crippen LogP contribution in [0.2, 0.25) is 0 Å². The zero-order chi connectivity index (χ0) is 28.7. The summed E-state index contributed by atoms with van der Waals surface area (Å²) in [6, 6.07) is 20.2. The smallest absolute Gasteiger partial charge is 0.588 e. The van der Waals surface area contributed by atoms with Gasteiger partial charge < -0.3 is 13.6 Å². The van der Waals surface area contributed by atoms with E-state index in [4.69, 9.17) is 9.31 Å². The molecule has 4 aromatic heterocycles. The Morgan fingerprint density at radius 1 is 0.643 bits per heavy atom. The van der Waals surface area contributed by atoms with E-state index in [1.807, 2.05) is 36.4 Å². The fourth-order valence-electron chi connectivity index (χ4n) is 5.55. The maximum absolute atomic E-state index is 16.4. The molecule has 1 unspecified atom stereocenters. The number of halogens is 1. The summed E-state index contributed by atoms with van der Waals surface area (Å²) in [6.07, 6.45) is 0. The van der Waals surface area contributed by atoms with Crippen molar-refractivity contribution < 1.29 is 18.2 Å². The molecular weight excluding hydrogens is 602 g/mol. The van der Waals surface area contributed by atoms with Crippen molar-refractivity contribution in [3.05, 3.63) is 93.7 Å². The molecule has 0 bridgehead atoms. The van der Waals surface area contributed by atoms with Crippen molar-refractivity contribution >= 4 is 63.7 Å². The van der Waals surface area contributed by atoms with E-state index >= 15 is 4.32 Å². The average molecular weight is 627 g/mol. The van der Waals surface area contributed by atoms with Gasteiger partial charge in [0.2, 0.25) is 5.69 Å². The lowest BCUT2D eigenvalue weighted by atomic mass is 10.00. The predicted octanol–water partition coefficient (Wildman–Crippen LogP) is 11.5.